The summed E-state index contributed by atoms with van der Waals surface area (Å²) in [6, 6.07) is 14.7. The predicted molar refractivity (Wildman–Crippen MR) is 83.7 cm³/mol. The van der Waals surface area contributed by atoms with Crippen molar-refractivity contribution in [1.29, 1.82) is 0 Å². The molecule has 2 aromatic carbocycles. The molecule has 0 heterocycles. The minimum absolute atomic E-state index is 0.473. The van der Waals surface area contributed by atoms with Crippen molar-refractivity contribution in [1.82, 2.24) is 0 Å². The van der Waals surface area contributed by atoms with Crippen LogP contribution in [-0.4, -0.2) is 0 Å². The Morgan fingerprint density at radius 1 is 1.05 bits per heavy atom. The summed E-state index contributed by atoms with van der Waals surface area (Å²) in [5.74, 6) is 1.47. The van der Waals surface area contributed by atoms with Crippen molar-refractivity contribution in [2.45, 2.75) is 33.3 Å². The maximum Gasteiger partial charge on any atom is 0.123 e. The molecular formula is C17H19BrO. The lowest BCUT2D eigenvalue weighted by atomic mass is 10.0. The summed E-state index contributed by atoms with van der Waals surface area (Å²) in [6.07, 6.45) is 0. The van der Waals surface area contributed by atoms with Crippen LogP contribution in [0.4, 0.5) is 0 Å². The van der Waals surface area contributed by atoms with Gasteiger partial charge >= 0.3 is 0 Å². The zero-order valence-electron chi connectivity index (χ0n) is 11.6. The van der Waals surface area contributed by atoms with Gasteiger partial charge in [0.25, 0.3) is 0 Å². The Bertz CT molecular complexity index is 544. The third-order valence-corrected chi connectivity index (χ3v) is 3.63. The topological polar surface area (TPSA) is 9.23 Å². The summed E-state index contributed by atoms with van der Waals surface area (Å²) in [6.45, 7) is 7.08. The minimum Gasteiger partial charge on any atom is -0.489 e. The van der Waals surface area contributed by atoms with Crippen LogP contribution in [0.15, 0.2) is 46.9 Å². The van der Waals surface area contributed by atoms with E-state index in [0.717, 1.165) is 10.2 Å². The number of rotatable bonds is 4. The van der Waals surface area contributed by atoms with Crippen LogP contribution in [0.25, 0.3) is 0 Å². The number of hydrogen-bond acceptors (Lipinski definition) is 1. The van der Waals surface area contributed by atoms with E-state index in [1.807, 2.05) is 12.1 Å². The largest absolute Gasteiger partial charge is 0.489 e. The number of aryl methyl sites for hydroxylation is 1. The SMILES string of the molecule is Cc1ccc(C(C)C)c(OCc2ccc(Br)cc2)c1. The van der Waals surface area contributed by atoms with Gasteiger partial charge in [-0.1, -0.05) is 54.0 Å². The average molecular weight is 319 g/mol. The van der Waals surface area contributed by atoms with Crippen molar-refractivity contribution in [2.75, 3.05) is 0 Å². The summed E-state index contributed by atoms with van der Waals surface area (Å²) >= 11 is 3.44. The van der Waals surface area contributed by atoms with Gasteiger partial charge in [0.1, 0.15) is 12.4 Å². The molecule has 0 unspecified atom stereocenters. The fourth-order valence-electron chi connectivity index (χ4n) is 1.99. The number of hydrogen-bond donors (Lipinski definition) is 0. The van der Waals surface area contributed by atoms with Gasteiger partial charge in [0.05, 0.1) is 0 Å². The molecule has 0 saturated carbocycles. The molecule has 0 amide bonds. The van der Waals surface area contributed by atoms with Gasteiger partial charge in [0.2, 0.25) is 0 Å². The van der Waals surface area contributed by atoms with Gasteiger partial charge in [-0.25, -0.2) is 0 Å². The smallest absolute Gasteiger partial charge is 0.123 e. The molecule has 2 heteroatoms. The van der Waals surface area contributed by atoms with Crippen LogP contribution < -0.4 is 4.74 Å². The number of benzene rings is 2. The zero-order chi connectivity index (χ0) is 13.8. The molecule has 0 aliphatic heterocycles. The van der Waals surface area contributed by atoms with Crippen molar-refractivity contribution < 1.29 is 4.74 Å². The van der Waals surface area contributed by atoms with E-state index in [1.54, 1.807) is 0 Å². The Balaban J connectivity index is 2.14. The molecule has 0 saturated heterocycles. The highest BCUT2D eigenvalue weighted by Gasteiger charge is 2.08. The highest BCUT2D eigenvalue weighted by Crippen LogP contribution is 2.28. The first-order valence-corrected chi connectivity index (χ1v) is 7.33. The van der Waals surface area contributed by atoms with E-state index in [4.69, 9.17) is 4.74 Å². The van der Waals surface area contributed by atoms with Crippen molar-refractivity contribution in [2.24, 2.45) is 0 Å². The molecule has 0 atom stereocenters. The van der Waals surface area contributed by atoms with Gasteiger partial charge in [0, 0.05) is 4.47 Å². The van der Waals surface area contributed by atoms with Gasteiger partial charge in [-0.05, 0) is 47.7 Å². The molecule has 0 N–H and O–H groups in total. The Kier molecular flexibility index (Phi) is 4.65. The van der Waals surface area contributed by atoms with E-state index < -0.39 is 0 Å². The summed E-state index contributed by atoms with van der Waals surface area (Å²) in [5, 5.41) is 0. The molecule has 2 aromatic rings. The van der Waals surface area contributed by atoms with Crippen LogP contribution >= 0.6 is 15.9 Å². The Morgan fingerprint density at radius 3 is 2.37 bits per heavy atom. The van der Waals surface area contributed by atoms with Crippen molar-refractivity contribution in [3.05, 3.63) is 63.6 Å². The van der Waals surface area contributed by atoms with E-state index in [1.165, 1.54) is 16.7 Å². The lowest BCUT2D eigenvalue weighted by Gasteiger charge is -2.15. The second-order valence-corrected chi connectivity index (χ2v) is 6.03. The van der Waals surface area contributed by atoms with Gasteiger partial charge in [-0.2, -0.15) is 0 Å². The van der Waals surface area contributed by atoms with Crippen LogP contribution in [0.1, 0.15) is 36.5 Å². The van der Waals surface area contributed by atoms with Gasteiger partial charge in [0.15, 0.2) is 0 Å². The van der Waals surface area contributed by atoms with Crippen LogP contribution in [-0.2, 0) is 6.61 Å². The molecular weight excluding hydrogens is 300 g/mol. The van der Waals surface area contributed by atoms with E-state index in [9.17, 15) is 0 Å². The minimum atomic E-state index is 0.473. The van der Waals surface area contributed by atoms with E-state index in [-0.39, 0.29) is 0 Å². The lowest BCUT2D eigenvalue weighted by Crippen LogP contribution is -2.00. The fraction of sp³-hybridized carbons (Fsp3) is 0.294. The summed E-state index contributed by atoms with van der Waals surface area (Å²) in [7, 11) is 0. The Morgan fingerprint density at radius 2 is 1.74 bits per heavy atom. The first kappa shape index (κ1) is 14.1. The number of halogens is 1. The molecule has 0 radical (unpaired) electrons. The molecule has 2 rings (SSSR count). The molecule has 100 valence electrons. The molecule has 1 nitrogen and oxygen atoms in total. The van der Waals surface area contributed by atoms with Gasteiger partial charge in [-0.15, -0.1) is 0 Å². The van der Waals surface area contributed by atoms with Crippen LogP contribution in [0.5, 0.6) is 5.75 Å². The van der Waals surface area contributed by atoms with Gasteiger partial charge in [-0.3, -0.25) is 0 Å². The van der Waals surface area contributed by atoms with E-state index >= 15 is 0 Å². The standard InChI is InChI=1S/C17H19BrO/c1-12(2)16-9-4-13(3)10-17(16)19-11-14-5-7-15(18)8-6-14/h4-10,12H,11H2,1-3H3. The molecule has 0 aromatic heterocycles. The molecule has 0 aliphatic carbocycles. The Labute approximate surface area is 123 Å². The molecule has 0 aliphatic rings. The first-order chi connectivity index (χ1) is 9.06. The van der Waals surface area contributed by atoms with Gasteiger partial charge < -0.3 is 4.74 Å². The third kappa shape index (κ3) is 3.84. The molecule has 0 fully saturated rings. The first-order valence-electron chi connectivity index (χ1n) is 6.54. The molecule has 19 heavy (non-hydrogen) atoms. The quantitative estimate of drug-likeness (QED) is 0.727. The second-order valence-electron chi connectivity index (χ2n) is 5.11. The molecule has 0 bridgehead atoms. The summed E-state index contributed by atoms with van der Waals surface area (Å²) < 4.78 is 7.08. The normalized spacial score (nSPS) is 10.8. The van der Waals surface area contributed by atoms with Crippen LogP contribution in [0, 0.1) is 6.92 Å². The average Bonchev–Trinajstić information content (AvgIpc) is 2.38. The summed E-state index contributed by atoms with van der Waals surface area (Å²) in [4.78, 5) is 0. The van der Waals surface area contributed by atoms with Crippen molar-refractivity contribution in [3.8, 4) is 5.75 Å². The third-order valence-electron chi connectivity index (χ3n) is 3.10. The predicted octanol–water partition coefficient (Wildman–Crippen LogP) is 5.46. The maximum absolute atomic E-state index is 5.99. The van der Waals surface area contributed by atoms with Crippen molar-refractivity contribution >= 4 is 15.9 Å². The second kappa shape index (κ2) is 6.25. The Hall–Kier alpha value is -1.28. The molecule has 0 spiro atoms. The number of ether oxygens (including phenoxy) is 1. The maximum atomic E-state index is 5.99. The monoisotopic (exact) mass is 318 g/mol. The van der Waals surface area contributed by atoms with E-state index in [2.05, 4.69) is 67.0 Å². The van der Waals surface area contributed by atoms with Crippen molar-refractivity contribution in [3.63, 3.8) is 0 Å². The zero-order valence-corrected chi connectivity index (χ0v) is 13.2. The highest BCUT2D eigenvalue weighted by atomic mass is 79.9. The lowest BCUT2D eigenvalue weighted by molar-refractivity contribution is 0.301. The summed E-state index contributed by atoms with van der Waals surface area (Å²) in [5.41, 5.74) is 3.68. The fourth-order valence-corrected chi connectivity index (χ4v) is 2.25. The highest BCUT2D eigenvalue weighted by molar-refractivity contribution is 9.10. The van der Waals surface area contributed by atoms with Crippen LogP contribution in [0.2, 0.25) is 0 Å². The van der Waals surface area contributed by atoms with E-state index in [0.29, 0.717) is 12.5 Å². The van der Waals surface area contributed by atoms with Crippen LogP contribution in [0.3, 0.4) is 0 Å².